The second kappa shape index (κ2) is 2.87. The molecule has 1 aliphatic heterocycles. The Morgan fingerprint density at radius 3 is 1.67 bits per heavy atom. The summed E-state index contributed by atoms with van der Waals surface area (Å²) in [6.45, 7) is 0. The molecule has 0 spiro atoms. The Hall–Kier alpha value is 0.779. The molecule has 6 heavy (non-hydrogen) atoms. The van der Waals surface area contributed by atoms with Crippen LogP contribution in [0.15, 0.2) is 9.95 Å². The zero-order valence-corrected chi connectivity index (χ0v) is 6.81. The summed E-state index contributed by atoms with van der Waals surface area (Å²) in [5.74, 6) is 0. The van der Waals surface area contributed by atoms with Gasteiger partial charge in [0.2, 0.25) is 0 Å². The van der Waals surface area contributed by atoms with Crippen molar-refractivity contribution in [3.63, 3.8) is 0 Å². The summed E-state index contributed by atoms with van der Waals surface area (Å²) in [6.07, 6.45) is 0. The average molecular weight is 212 g/mol. The van der Waals surface area contributed by atoms with Gasteiger partial charge in [0.25, 0.3) is 0 Å². The average Bonchev–Trinajstić information content (AvgIpc) is 1.72. The summed E-state index contributed by atoms with van der Waals surface area (Å²) in [4.78, 5) is 4.72. The molecule has 0 N–H and O–H groups in total. The number of rotatable bonds is 0. The van der Waals surface area contributed by atoms with E-state index in [0.29, 0.717) is 0 Å². The van der Waals surface area contributed by atoms with Crippen molar-refractivity contribution in [3.8, 4) is 0 Å². The quantitative estimate of drug-likeness (QED) is 0.519. The summed E-state index contributed by atoms with van der Waals surface area (Å²) < 4.78 is 0. The topological polar surface area (TPSA) is 0 Å². The number of hydrogen-bond donors (Lipinski definition) is 0. The van der Waals surface area contributed by atoms with Crippen LogP contribution in [0.1, 0.15) is 0 Å². The molecule has 0 aromatic carbocycles. The van der Waals surface area contributed by atoms with Crippen LogP contribution in [-0.2, 0) is 0 Å². The molecular weight excluding hydrogens is 206 g/mol. The van der Waals surface area contributed by atoms with Gasteiger partial charge in [0.05, 0.1) is 0 Å². The van der Waals surface area contributed by atoms with Gasteiger partial charge in [-0.05, 0) is 0 Å². The summed E-state index contributed by atoms with van der Waals surface area (Å²) in [5.41, 5.74) is 0. The summed E-state index contributed by atoms with van der Waals surface area (Å²) in [5, 5.41) is 3.01. The molecule has 0 radical (unpaired) electrons. The molecule has 0 unspecified atom stereocenters. The van der Waals surface area contributed by atoms with Crippen molar-refractivity contribution in [1.29, 1.82) is 0 Å². The first-order valence-corrected chi connectivity index (χ1v) is 6.28. The van der Waals surface area contributed by atoms with Gasteiger partial charge in [-0.15, -0.1) is 0 Å². The maximum atomic E-state index is 2.36. The van der Waals surface area contributed by atoms with E-state index in [4.69, 9.17) is 0 Å². The van der Waals surface area contributed by atoms with Gasteiger partial charge in [-0.1, -0.05) is 0 Å². The van der Waals surface area contributed by atoms with Gasteiger partial charge < -0.3 is 0 Å². The predicted octanol–water partition coefficient (Wildman–Crippen LogP) is 0.716. The van der Waals surface area contributed by atoms with Crippen molar-refractivity contribution >= 4 is 29.9 Å². The Kier molecular flexibility index (Phi) is 2.36. The fraction of sp³-hybridized carbons (Fsp3) is 0.500. The first kappa shape index (κ1) is 4.93. The molecule has 1 rings (SSSR count). The van der Waals surface area contributed by atoms with Gasteiger partial charge in [-0.2, -0.15) is 0 Å². The third-order valence-corrected chi connectivity index (χ3v) is 5.97. The zero-order chi connectivity index (χ0) is 4.24. The third-order valence-electron chi connectivity index (χ3n) is 0.567. The molecule has 34 valence electrons. The molecule has 2 heteroatoms. The minimum absolute atomic E-state index is 0.889. The normalized spacial score (nSPS) is 21.3. The van der Waals surface area contributed by atoms with E-state index >= 15 is 0 Å². The molecule has 0 saturated carbocycles. The molecule has 0 aliphatic carbocycles. The van der Waals surface area contributed by atoms with Crippen LogP contribution >= 0.6 is 0 Å². The molecule has 1 heterocycles. The van der Waals surface area contributed by atoms with Crippen molar-refractivity contribution < 1.29 is 0 Å². The first-order valence-electron chi connectivity index (χ1n) is 1.88. The van der Waals surface area contributed by atoms with Crippen LogP contribution in [0.5, 0.6) is 0 Å². The van der Waals surface area contributed by atoms with Crippen LogP contribution in [0, 0.1) is 0 Å². The van der Waals surface area contributed by atoms with Crippen LogP contribution in [-0.4, -0.2) is 29.9 Å². The van der Waals surface area contributed by atoms with E-state index in [1.807, 2.05) is 0 Å². The van der Waals surface area contributed by atoms with E-state index in [-0.39, 0.29) is 0 Å². The molecule has 0 atom stereocenters. The van der Waals surface area contributed by atoms with Crippen molar-refractivity contribution in [3.05, 3.63) is 9.95 Å². The van der Waals surface area contributed by atoms with Gasteiger partial charge in [-0.3, -0.25) is 0 Å². The van der Waals surface area contributed by atoms with Crippen LogP contribution in [0.25, 0.3) is 0 Å². The van der Waals surface area contributed by atoms with Gasteiger partial charge >= 0.3 is 50.5 Å². The standard InChI is InChI=1S/C4H6Se2/c1-2-6-4-3-5-1/h1-2H,3-4H2. The third kappa shape index (κ3) is 1.49. The Morgan fingerprint density at radius 1 is 1.00 bits per heavy atom. The van der Waals surface area contributed by atoms with Gasteiger partial charge in [-0.25, -0.2) is 0 Å². The van der Waals surface area contributed by atoms with E-state index in [1.54, 1.807) is 0 Å². The van der Waals surface area contributed by atoms with E-state index < -0.39 is 0 Å². The zero-order valence-electron chi connectivity index (χ0n) is 3.39. The van der Waals surface area contributed by atoms with Gasteiger partial charge in [0.1, 0.15) is 0 Å². The second-order valence-electron chi connectivity index (χ2n) is 1.01. The van der Waals surface area contributed by atoms with Crippen molar-refractivity contribution in [2.75, 3.05) is 0 Å². The summed E-state index contributed by atoms with van der Waals surface area (Å²) in [6, 6.07) is 0. The second-order valence-corrected chi connectivity index (χ2v) is 5.27. The predicted molar refractivity (Wildman–Crippen MR) is 30.3 cm³/mol. The van der Waals surface area contributed by atoms with Crippen LogP contribution < -0.4 is 0 Å². The Labute approximate surface area is 50.7 Å². The van der Waals surface area contributed by atoms with E-state index in [9.17, 15) is 0 Å². The van der Waals surface area contributed by atoms with Crippen LogP contribution in [0.3, 0.4) is 0 Å². The van der Waals surface area contributed by atoms with Crippen molar-refractivity contribution in [1.82, 2.24) is 0 Å². The summed E-state index contributed by atoms with van der Waals surface area (Å²) in [7, 11) is 0. The SMILES string of the molecule is C1=C[Se]CC[Se]1. The number of hydrogen-bond acceptors (Lipinski definition) is 0. The maximum absolute atomic E-state index is 2.36. The molecule has 1 aliphatic rings. The Morgan fingerprint density at radius 2 is 1.50 bits per heavy atom. The van der Waals surface area contributed by atoms with Crippen molar-refractivity contribution in [2.45, 2.75) is 10.6 Å². The minimum atomic E-state index is 0.889. The fourth-order valence-electron chi connectivity index (χ4n) is 0.311. The molecule has 0 aromatic rings. The molecule has 0 amide bonds. The molecule has 0 saturated heterocycles. The summed E-state index contributed by atoms with van der Waals surface area (Å²) >= 11 is 1.78. The van der Waals surface area contributed by atoms with E-state index in [2.05, 4.69) is 9.95 Å². The molecule has 0 aromatic heterocycles. The van der Waals surface area contributed by atoms with E-state index in [0.717, 1.165) is 29.9 Å². The van der Waals surface area contributed by atoms with Crippen LogP contribution in [0.2, 0.25) is 10.6 Å². The Bertz CT molecular complexity index is 50.6. The fourth-order valence-corrected chi connectivity index (χ4v) is 5.43. The first-order chi connectivity index (χ1) is 3.00. The monoisotopic (exact) mass is 214 g/mol. The molecular formula is C4H6Se2. The van der Waals surface area contributed by atoms with Crippen LogP contribution in [0.4, 0.5) is 0 Å². The van der Waals surface area contributed by atoms with Gasteiger partial charge in [0.15, 0.2) is 0 Å². The van der Waals surface area contributed by atoms with Crippen molar-refractivity contribution in [2.24, 2.45) is 0 Å². The molecule has 0 nitrogen and oxygen atoms in total. The van der Waals surface area contributed by atoms with Gasteiger partial charge in [0, 0.05) is 0 Å². The van der Waals surface area contributed by atoms with E-state index in [1.165, 1.54) is 10.6 Å². The molecule has 0 bridgehead atoms. The molecule has 0 fully saturated rings. The Balaban J connectivity index is 2.26.